The van der Waals surface area contributed by atoms with Crippen molar-refractivity contribution in [1.82, 2.24) is 14.6 Å². The predicted molar refractivity (Wildman–Crippen MR) is 94.8 cm³/mol. The number of nitrogens with zero attached hydrogens (tertiary/aromatic N) is 3. The zero-order valence-corrected chi connectivity index (χ0v) is 13.8. The molecule has 0 bridgehead atoms. The van der Waals surface area contributed by atoms with Crippen LogP contribution in [0.15, 0.2) is 72.9 Å². The van der Waals surface area contributed by atoms with Gasteiger partial charge in [0.15, 0.2) is 5.65 Å². The Kier molecular flexibility index (Phi) is 4.15. The third kappa shape index (κ3) is 3.84. The molecule has 4 aromatic rings. The molecule has 5 nitrogen and oxygen atoms in total. The lowest BCUT2D eigenvalue weighted by Crippen LogP contribution is -2.17. The molecule has 8 heteroatoms. The molecule has 2 aromatic carbocycles. The molecule has 0 saturated heterocycles. The summed E-state index contributed by atoms with van der Waals surface area (Å²) in [6.07, 6.45) is -3.02. The number of hydrogen-bond acceptors (Lipinski definition) is 4. The monoisotopic (exact) mass is 370 g/mol. The normalized spacial score (nSPS) is 11.5. The number of ether oxygens (including phenoxy) is 1. The van der Waals surface area contributed by atoms with Gasteiger partial charge in [0.2, 0.25) is 5.95 Å². The van der Waals surface area contributed by atoms with Crippen LogP contribution in [-0.4, -0.2) is 21.0 Å². The topological polar surface area (TPSA) is 51.5 Å². The van der Waals surface area contributed by atoms with E-state index in [1.165, 1.54) is 18.2 Å². The number of halogens is 3. The number of alkyl halides is 3. The van der Waals surface area contributed by atoms with Gasteiger partial charge in [-0.2, -0.15) is 4.98 Å². The van der Waals surface area contributed by atoms with Crippen molar-refractivity contribution in [3.63, 3.8) is 0 Å². The van der Waals surface area contributed by atoms with E-state index in [2.05, 4.69) is 20.1 Å². The maximum Gasteiger partial charge on any atom is 0.573 e. The molecule has 0 saturated carbocycles. The van der Waals surface area contributed by atoms with Crippen molar-refractivity contribution in [3.8, 4) is 16.9 Å². The zero-order valence-electron chi connectivity index (χ0n) is 13.8. The maximum absolute atomic E-state index is 12.5. The molecule has 4 rings (SSSR count). The van der Waals surface area contributed by atoms with E-state index in [9.17, 15) is 13.2 Å². The molecule has 1 N–H and O–H groups in total. The number of pyridine rings is 1. The highest BCUT2D eigenvalue weighted by Crippen LogP contribution is 2.30. The van der Waals surface area contributed by atoms with E-state index in [1.54, 1.807) is 28.9 Å². The highest BCUT2D eigenvalue weighted by Gasteiger charge is 2.31. The highest BCUT2D eigenvalue weighted by atomic mass is 19.4. The molecule has 0 fully saturated rings. The first kappa shape index (κ1) is 16.9. The van der Waals surface area contributed by atoms with E-state index in [0.29, 0.717) is 22.7 Å². The summed E-state index contributed by atoms with van der Waals surface area (Å²) in [6, 6.07) is 18.7. The number of aromatic nitrogens is 3. The van der Waals surface area contributed by atoms with Crippen LogP contribution >= 0.6 is 0 Å². The number of fused-ring (bicyclic) bond motifs is 1. The summed E-state index contributed by atoms with van der Waals surface area (Å²) in [6.45, 7) is 0. The molecular weight excluding hydrogens is 357 g/mol. The van der Waals surface area contributed by atoms with Gasteiger partial charge in [-0.25, -0.2) is 4.52 Å². The fraction of sp³-hybridized carbons (Fsp3) is 0.0526. The molecule has 0 atom stereocenters. The molecule has 2 aromatic heterocycles. The number of hydrogen-bond donors (Lipinski definition) is 1. The minimum absolute atomic E-state index is 0.288. The smallest absolute Gasteiger partial charge is 0.406 e. The lowest BCUT2D eigenvalue weighted by molar-refractivity contribution is -0.274. The Morgan fingerprint density at radius 2 is 1.74 bits per heavy atom. The first-order valence-electron chi connectivity index (χ1n) is 8.02. The van der Waals surface area contributed by atoms with Crippen molar-refractivity contribution < 1.29 is 17.9 Å². The van der Waals surface area contributed by atoms with Gasteiger partial charge in [-0.3, -0.25) is 0 Å². The van der Waals surface area contributed by atoms with Gasteiger partial charge in [-0.05, 0) is 42.0 Å². The van der Waals surface area contributed by atoms with Crippen LogP contribution in [0.3, 0.4) is 0 Å². The van der Waals surface area contributed by atoms with Crippen LogP contribution in [0.5, 0.6) is 5.75 Å². The fourth-order valence-electron chi connectivity index (χ4n) is 2.70. The molecular formula is C19H13F3N4O. The maximum atomic E-state index is 12.5. The summed E-state index contributed by atoms with van der Waals surface area (Å²) in [5.74, 6) is 0.0977. The van der Waals surface area contributed by atoms with E-state index < -0.39 is 6.36 Å². The fourth-order valence-corrected chi connectivity index (χ4v) is 2.70. The number of benzene rings is 2. The zero-order chi connectivity index (χ0) is 18.9. The van der Waals surface area contributed by atoms with Crippen molar-refractivity contribution in [2.24, 2.45) is 0 Å². The van der Waals surface area contributed by atoms with Crippen molar-refractivity contribution in [2.75, 3.05) is 5.32 Å². The molecule has 0 spiro atoms. The average Bonchev–Trinajstić information content (AvgIpc) is 3.03. The van der Waals surface area contributed by atoms with Crippen molar-refractivity contribution in [2.45, 2.75) is 6.36 Å². The largest absolute Gasteiger partial charge is 0.573 e. The highest BCUT2D eigenvalue weighted by molar-refractivity contribution is 5.78. The van der Waals surface area contributed by atoms with Crippen LogP contribution in [-0.2, 0) is 0 Å². The molecule has 0 aliphatic heterocycles. The minimum atomic E-state index is -4.74. The predicted octanol–water partition coefficient (Wildman–Crippen LogP) is 5.04. The number of nitrogens with one attached hydrogen (secondary N) is 1. The van der Waals surface area contributed by atoms with Crippen molar-refractivity contribution in [1.29, 1.82) is 0 Å². The van der Waals surface area contributed by atoms with Gasteiger partial charge in [0.05, 0.1) is 0 Å². The van der Waals surface area contributed by atoms with Crippen molar-refractivity contribution in [3.05, 3.63) is 72.9 Å². The standard InChI is InChI=1S/C19H13F3N4O/c20-19(21,22)27-15-9-4-6-13(12-15)16-10-5-11-26-17(16)24-18(25-26)23-14-7-2-1-3-8-14/h1-12H,(H,23,25). The quantitative estimate of drug-likeness (QED) is 0.547. The van der Waals surface area contributed by atoms with Gasteiger partial charge < -0.3 is 10.1 Å². The SMILES string of the molecule is FC(F)(F)Oc1cccc(-c2cccn3nc(Nc4ccccc4)nc23)c1. The molecule has 0 radical (unpaired) electrons. The van der Waals surface area contributed by atoms with Crippen LogP contribution in [0.25, 0.3) is 16.8 Å². The molecule has 2 heterocycles. The third-order valence-electron chi connectivity index (χ3n) is 3.77. The lowest BCUT2D eigenvalue weighted by Gasteiger charge is -2.10. The summed E-state index contributed by atoms with van der Waals surface area (Å²) in [5.41, 5.74) is 2.52. The average molecular weight is 370 g/mol. The second-order valence-corrected chi connectivity index (χ2v) is 5.69. The van der Waals surface area contributed by atoms with Crippen LogP contribution in [0.2, 0.25) is 0 Å². The Hall–Kier alpha value is -3.55. The van der Waals surface area contributed by atoms with Gasteiger partial charge in [0, 0.05) is 17.4 Å². The summed E-state index contributed by atoms with van der Waals surface area (Å²) in [5, 5.41) is 7.46. The van der Waals surface area contributed by atoms with Crippen molar-refractivity contribution >= 4 is 17.3 Å². The summed E-state index contributed by atoms with van der Waals surface area (Å²) < 4.78 is 43.0. The Labute approximate surface area is 152 Å². The Bertz CT molecular complexity index is 1080. The molecule has 27 heavy (non-hydrogen) atoms. The molecule has 0 aliphatic rings. The number of anilines is 2. The van der Waals surface area contributed by atoms with Gasteiger partial charge in [-0.1, -0.05) is 30.3 Å². The van der Waals surface area contributed by atoms with Gasteiger partial charge in [0.25, 0.3) is 0 Å². The van der Waals surface area contributed by atoms with Crippen LogP contribution in [0.1, 0.15) is 0 Å². The Morgan fingerprint density at radius 3 is 2.52 bits per heavy atom. The van der Waals surface area contributed by atoms with Gasteiger partial charge in [-0.15, -0.1) is 18.3 Å². The molecule has 0 aliphatic carbocycles. The first-order valence-corrected chi connectivity index (χ1v) is 8.02. The van der Waals surface area contributed by atoms with Gasteiger partial charge in [0.1, 0.15) is 5.75 Å². The molecule has 136 valence electrons. The number of para-hydroxylation sites is 1. The Balaban J connectivity index is 1.71. The summed E-state index contributed by atoms with van der Waals surface area (Å²) in [7, 11) is 0. The van der Waals surface area contributed by atoms with Crippen LogP contribution < -0.4 is 10.1 Å². The molecule has 0 unspecified atom stereocenters. The second-order valence-electron chi connectivity index (χ2n) is 5.69. The van der Waals surface area contributed by atoms with Crippen LogP contribution in [0, 0.1) is 0 Å². The summed E-state index contributed by atoms with van der Waals surface area (Å²) >= 11 is 0. The van der Waals surface area contributed by atoms with E-state index in [-0.39, 0.29) is 5.75 Å². The van der Waals surface area contributed by atoms with E-state index in [0.717, 1.165) is 5.69 Å². The van der Waals surface area contributed by atoms with E-state index in [1.807, 2.05) is 30.3 Å². The first-order chi connectivity index (χ1) is 13.0. The van der Waals surface area contributed by atoms with Crippen LogP contribution in [0.4, 0.5) is 24.8 Å². The van der Waals surface area contributed by atoms with E-state index in [4.69, 9.17) is 0 Å². The van der Waals surface area contributed by atoms with E-state index >= 15 is 0 Å². The molecule has 0 amide bonds. The van der Waals surface area contributed by atoms with Gasteiger partial charge >= 0.3 is 6.36 Å². The minimum Gasteiger partial charge on any atom is -0.406 e. The third-order valence-corrected chi connectivity index (χ3v) is 3.77. The summed E-state index contributed by atoms with van der Waals surface area (Å²) in [4.78, 5) is 4.47. The number of rotatable bonds is 4. The Morgan fingerprint density at radius 1 is 0.926 bits per heavy atom. The lowest BCUT2D eigenvalue weighted by atomic mass is 10.1. The second kappa shape index (κ2) is 6.64.